The summed E-state index contributed by atoms with van der Waals surface area (Å²) in [6.07, 6.45) is 10.3. The van der Waals surface area contributed by atoms with Crippen molar-refractivity contribution < 1.29 is 33.1 Å². The quantitative estimate of drug-likeness (QED) is 0.133. The van der Waals surface area contributed by atoms with Gasteiger partial charge in [-0.25, -0.2) is 0 Å². The van der Waals surface area contributed by atoms with Crippen molar-refractivity contribution in [2.75, 3.05) is 27.7 Å². The number of aliphatic hydroxyl groups is 1. The van der Waals surface area contributed by atoms with E-state index >= 15 is 0 Å². The Morgan fingerprint density at radius 2 is 1.43 bits per heavy atom. The molecule has 0 fully saturated rings. The molecule has 0 aromatic carbocycles. The Labute approximate surface area is 171 Å². The maximum atomic E-state index is 12.0. The number of hydrogen-bond donors (Lipinski definition) is 2. The summed E-state index contributed by atoms with van der Waals surface area (Å²) in [6.45, 7) is 2.60. The van der Waals surface area contributed by atoms with Crippen molar-refractivity contribution in [1.82, 2.24) is 0 Å². The number of likely N-dealkylation sites (N-methyl/N-ethyl adjacent to an activating group) is 1. The number of nitrogens with zero attached hydrogens (tertiary/aromatic N) is 1. The molecule has 2 unspecified atom stereocenters. The molecule has 0 aliphatic carbocycles. The van der Waals surface area contributed by atoms with E-state index in [1.165, 1.54) is 44.9 Å². The summed E-state index contributed by atoms with van der Waals surface area (Å²) in [5.74, 6) is -1.02. The van der Waals surface area contributed by atoms with Crippen LogP contribution >= 0.6 is 8.25 Å². The Morgan fingerprint density at radius 3 is 1.89 bits per heavy atom. The van der Waals surface area contributed by atoms with Gasteiger partial charge in [0.1, 0.15) is 6.54 Å². The molecular weight excluding hydrogens is 381 g/mol. The first-order chi connectivity index (χ1) is 13.1. The fraction of sp³-hybridized carbons (Fsp3) is 0.950. The molecule has 0 saturated carbocycles. The molecule has 0 rings (SSSR count). The van der Waals surface area contributed by atoms with Crippen LogP contribution in [-0.4, -0.2) is 60.7 Å². The van der Waals surface area contributed by atoms with Gasteiger partial charge in [-0.3, -0.25) is 4.79 Å². The van der Waals surface area contributed by atoms with Crippen LogP contribution in [0.5, 0.6) is 0 Å². The summed E-state index contributed by atoms with van der Waals surface area (Å²) in [6, 6.07) is 0. The van der Waals surface area contributed by atoms with E-state index in [0.29, 0.717) is 17.4 Å². The Balaban J connectivity index is 3.87. The van der Waals surface area contributed by atoms with Crippen LogP contribution in [0.1, 0.15) is 84.0 Å². The molecule has 8 heteroatoms. The molecule has 0 spiro atoms. The number of unbranched alkanes of at least 4 members (excludes halogenated alkanes) is 9. The molecule has 0 amide bonds. The zero-order chi connectivity index (χ0) is 21.4. The van der Waals surface area contributed by atoms with Crippen LogP contribution in [0, 0.1) is 0 Å². The average Bonchev–Trinajstić information content (AvgIpc) is 2.54. The lowest BCUT2D eigenvalue weighted by atomic mass is 10.1. The zero-order valence-electron chi connectivity index (χ0n) is 18.3. The van der Waals surface area contributed by atoms with Crippen LogP contribution in [0.25, 0.3) is 0 Å². The first-order valence-corrected chi connectivity index (χ1v) is 11.7. The molecular formula is C20H42NO6P+2. The Hall–Kier alpha value is -0.590. The maximum Gasteiger partial charge on any atom is 0.700 e. The molecule has 2 N–H and O–H groups in total. The summed E-state index contributed by atoms with van der Waals surface area (Å²) >= 11 is 0. The lowest BCUT2D eigenvalue weighted by Gasteiger charge is -2.25. The number of hydrogen-bond acceptors (Lipinski definition) is 5. The van der Waals surface area contributed by atoms with Crippen LogP contribution in [-0.2, 0) is 18.4 Å². The molecule has 166 valence electrons. The van der Waals surface area contributed by atoms with Gasteiger partial charge >= 0.3 is 14.2 Å². The molecule has 0 aromatic rings. The summed E-state index contributed by atoms with van der Waals surface area (Å²) in [5.41, 5.74) is 0. The lowest BCUT2D eigenvalue weighted by Crippen LogP contribution is -2.42. The van der Waals surface area contributed by atoms with Gasteiger partial charge < -0.3 is 14.7 Å². The minimum Gasteiger partial charge on any atom is -0.481 e. The molecule has 0 bridgehead atoms. The maximum absolute atomic E-state index is 12.0. The fourth-order valence-corrected chi connectivity index (χ4v) is 3.78. The van der Waals surface area contributed by atoms with Crippen LogP contribution in [0.2, 0.25) is 0 Å². The van der Waals surface area contributed by atoms with Gasteiger partial charge in [0.05, 0.1) is 27.6 Å². The smallest absolute Gasteiger partial charge is 0.481 e. The second kappa shape index (κ2) is 16.2. The Kier molecular flexibility index (Phi) is 15.9. The van der Waals surface area contributed by atoms with Gasteiger partial charge in [0, 0.05) is 11.0 Å². The van der Waals surface area contributed by atoms with Crippen molar-refractivity contribution in [3.05, 3.63) is 0 Å². The molecule has 7 nitrogen and oxygen atoms in total. The van der Waals surface area contributed by atoms with Gasteiger partial charge in [-0.15, -0.1) is 4.52 Å². The standard InChI is InChI=1S/C20H41NO6P/c1-5-6-7-8-9-10-11-12-13-14-15-20(24)27-28(25)26-18(16-19(22)23)17-21(2,3)4/h18,20,24H,5-17H2,1-4H3/q+1/p+1/t18?,20-/m1/s1. The third-order valence-electron chi connectivity index (χ3n) is 4.40. The minimum atomic E-state index is -2.55. The van der Waals surface area contributed by atoms with Crippen molar-refractivity contribution in [2.24, 2.45) is 0 Å². The molecule has 0 aliphatic rings. The molecule has 28 heavy (non-hydrogen) atoms. The van der Waals surface area contributed by atoms with E-state index < -0.39 is 26.6 Å². The first-order valence-electron chi connectivity index (χ1n) is 10.6. The van der Waals surface area contributed by atoms with Crippen LogP contribution in [0.3, 0.4) is 0 Å². The topological polar surface area (TPSA) is 93.1 Å². The van der Waals surface area contributed by atoms with Crippen molar-refractivity contribution in [2.45, 2.75) is 96.4 Å². The number of rotatable bonds is 19. The molecule has 0 aliphatic heterocycles. The normalized spacial score (nSPS) is 14.7. The predicted octanol–water partition coefficient (Wildman–Crippen LogP) is 4.86. The molecule has 0 saturated heterocycles. The van der Waals surface area contributed by atoms with Crippen molar-refractivity contribution >= 4 is 14.2 Å². The van der Waals surface area contributed by atoms with E-state index in [9.17, 15) is 14.5 Å². The highest BCUT2D eigenvalue weighted by atomic mass is 31.1. The van der Waals surface area contributed by atoms with E-state index in [1.54, 1.807) is 0 Å². The second-order valence-corrected chi connectivity index (χ2v) is 9.42. The van der Waals surface area contributed by atoms with Gasteiger partial charge in [-0.05, 0) is 6.42 Å². The van der Waals surface area contributed by atoms with E-state index in [-0.39, 0.29) is 6.42 Å². The van der Waals surface area contributed by atoms with Crippen molar-refractivity contribution in [3.8, 4) is 0 Å². The second-order valence-electron chi connectivity index (χ2n) is 8.55. The molecule has 3 atom stereocenters. The number of carbonyl (C=O) groups is 1. The monoisotopic (exact) mass is 423 g/mol. The van der Waals surface area contributed by atoms with E-state index in [0.717, 1.165) is 19.3 Å². The third-order valence-corrected chi connectivity index (χ3v) is 5.29. The minimum absolute atomic E-state index is 0.255. The van der Waals surface area contributed by atoms with E-state index in [4.69, 9.17) is 14.2 Å². The van der Waals surface area contributed by atoms with Gasteiger partial charge in [0.2, 0.25) is 6.29 Å². The van der Waals surface area contributed by atoms with Gasteiger partial charge in [0.25, 0.3) is 0 Å². The molecule has 0 aromatic heterocycles. The SMILES string of the molecule is CCCCCCCCCCCC[C@H](O)O[P+](=O)OC(CC(=O)O)C[N+](C)(C)C. The highest BCUT2D eigenvalue weighted by Gasteiger charge is 2.35. The number of carboxylic acids is 1. The van der Waals surface area contributed by atoms with Crippen molar-refractivity contribution in [3.63, 3.8) is 0 Å². The number of aliphatic carboxylic acids is 1. The van der Waals surface area contributed by atoms with Crippen LogP contribution in [0.4, 0.5) is 0 Å². The fourth-order valence-electron chi connectivity index (χ4n) is 3.05. The van der Waals surface area contributed by atoms with E-state index in [1.807, 2.05) is 21.1 Å². The van der Waals surface area contributed by atoms with Crippen LogP contribution in [0.15, 0.2) is 0 Å². The highest BCUT2D eigenvalue weighted by Crippen LogP contribution is 2.30. The largest absolute Gasteiger partial charge is 0.700 e. The number of carboxylic acid groups (broad SMARTS) is 1. The predicted molar refractivity (Wildman–Crippen MR) is 111 cm³/mol. The summed E-state index contributed by atoms with van der Waals surface area (Å²) in [5, 5.41) is 18.8. The highest BCUT2D eigenvalue weighted by molar-refractivity contribution is 7.33. The van der Waals surface area contributed by atoms with Gasteiger partial charge in [-0.1, -0.05) is 69.2 Å². The zero-order valence-corrected chi connectivity index (χ0v) is 19.2. The molecule has 0 radical (unpaired) electrons. The van der Waals surface area contributed by atoms with Gasteiger partial charge in [0.15, 0.2) is 6.10 Å². The summed E-state index contributed by atoms with van der Waals surface area (Å²) in [4.78, 5) is 10.9. The Bertz CT molecular complexity index is 427. The lowest BCUT2D eigenvalue weighted by molar-refractivity contribution is -0.873. The number of aliphatic hydroxyl groups excluding tert-OH is 1. The molecule has 0 heterocycles. The van der Waals surface area contributed by atoms with Gasteiger partial charge in [-0.2, -0.15) is 0 Å². The average molecular weight is 424 g/mol. The van der Waals surface area contributed by atoms with E-state index in [2.05, 4.69) is 6.92 Å². The van der Waals surface area contributed by atoms with Crippen LogP contribution < -0.4 is 0 Å². The summed E-state index contributed by atoms with van der Waals surface area (Å²) < 4.78 is 22.7. The first kappa shape index (κ1) is 27.4. The third kappa shape index (κ3) is 18.8. The summed E-state index contributed by atoms with van der Waals surface area (Å²) in [7, 11) is 3.13. The Morgan fingerprint density at radius 1 is 0.929 bits per heavy atom. The number of quaternary nitrogens is 1. The van der Waals surface area contributed by atoms with Crippen molar-refractivity contribution in [1.29, 1.82) is 0 Å².